The smallest absolute Gasteiger partial charge is 0.252 e. The van der Waals surface area contributed by atoms with Gasteiger partial charge < -0.3 is 28.4 Å². The van der Waals surface area contributed by atoms with E-state index >= 15 is 0 Å². The fraction of sp³-hybridized carbons (Fsp3) is 0.500. The Morgan fingerprint density at radius 1 is 1.07 bits per heavy atom. The van der Waals surface area contributed by atoms with E-state index in [1.807, 2.05) is 6.07 Å². The van der Waals surface area contributed by atoms with Gasteiger partial charge in [-0.2, -0.15) is 0 Å². The molecule has 30 heavy (non-hydrogen) atoms. The van der Waals surface area contributed by atoms with E-state index in [9.17, 15) is 4.79 Å². The van der Waals surface area contributed by atoms with Gasteiger partial charge in [-0.05, 0) is 23.8 Å². The second kappa shape index (κ2) is 14.3. The molecule has 1 aromatic carbocycles. The van der Waals surface area contributed by atoms with E-state index in [-0.39, 0.29) is 19.5 Å². The van der Waals surface area contributed by atoms with E-state index in [1.165, 1.54) is 17.8 Å². The third-order valence-corrected chi connectivity index (χ3v) is 5.30. The highest BCUT2D eigenvalue weighted by Crippen LogP contribution is 2.29. The lowest BCUT2D eigenvalue weighted by Gasteiger charge is -2.14. The van der Waals surface area contributed by atoms with Crippen LogP contribution >= 0.6 is 24.0 Å². The van der Waals surface area contributed by atoms with Crippen molar-refractivity contribution in [1.29, 1.82) is 0 Å². The van der Waals surface area contributed by atoms with Gasteiger partial charge in [0.2, 0.25) is 0 Å². The van der Waals surface area contributed by atoms with E-state index in [0.29, 0.717) is 48.8 Å². The second-order valence-electron chi connectivity index (χ2n) is 5.97. The number of methoxy groups -OCH3 is 2. The summed E-state index contributed by atoms with van der Waals surface area (Å²) < 4.78 is 32.5. The zero-order chi connectivity index (χ0) is 21.6. The molecule has 2 rings (SSSR count). The number of thiocarbonyl (C=S) groups is 1. The zero-order valence-electron chi connectivity index (χ0n) is 17.2. The first-order valence-electron chi connectivity index (χ1n) is 9.35. The molecule has 10 heteroatoms. The summed E-state index contributed by atoms with van der Waals surface area (Å²) in [5.41, 5.74) is 0.778. The molecule has 166 valence electrons. The minimum atomic E-state index is -0.137. The van der Waals surface area contributed by atoms with E-state index in [1.54, 1.807) is 37.3 Å². The molecule has 0 bridgehead atoms. The van der Waals surface area contributed by atoms with Crippen molar-refractivity contribution < 1.29 is 33.2 Å². The van der Waals surface area contributed by atoms with Crippen LogP contribution < -0.4 is 9.47 Å². The van der Waals surface area contributed by atoms with E-state index in [2.05, 4.69) is 0 Å². The zero-order valence-corrected chi connectivity index (χ0v) is 18.8. The van der Waals surface area contributed by atoms with E-state index in [4.69, 9.17) is 40.6 Å². The Bertz CT molecular complexity index is 714. The highest BCUT2D eigenvalue weighted by Gasteiger charge is 2.22. The molecule has 0 aromatic heterocycles. The molecule has 0 aliphatic carbocycles. The first kappa shape index (κ1) is 24.6. The summed E-state index contributed by atoms with van der Waals surface area (Å²) in [4.78, 5) is 13.9. The molecule has 1 amide bonds. The first-order valence-corrected chi connectivity index (χ1v) is 10.7. The minimum Gasteiger partial charge on any atom is -0.464 e. The van der Waals surface area contributed by atoms with Gasteiger partial charge in [0.05, 0.1) is 26.4 Å². The number of thioether (sulfide) groups is 1. The number of hydrogen-bond acceptors (Lipinski definition) is 9. The molecule has 0 saturated carbocycles. The Labute approximate surface area is 186 Å². The van der Waals surface area contributed by atoms with Gasteiger partial charge in [0.15, 0.2) is 25.1 Å². The number of amides is 1. The van der Waals surface area contributed by atoms with Crippen LogP contribution in [-0.2, 0) is 23.7 Å². The van der Waals surface area contributed by atoms with Gasteiger partial charge in [0.1, 0.15) is 4.32 Å². The number of nitrogens with zero attached hydrogens (tertiary/aromatic N) is 1. The molecule has 0 spiro atoms. The van der Waals surface area contributed by atoms with Crippen LogP contribution in [0.1, 0.15) is 5.56 Å². The Balaban J connectivity index is 1.99. The van der Waals surface area contributed by atoms with Crippen LogP contribution in [0.4, 0.5) is 0 Å². The van der Waals surface area contributed by atoms with Crippen molar-refractivity contribution in [2.24, 2.45) is 0 Å². The maximum atomic E-state index is 12.3. The van der Waals surface area contributed by atoms with Gasteiger partial charge in [0, 0.05) is 32.6 Å². The topological polar surface area (TPSA) is 75.7 Å². The van der Waals surface area contributed by atoms with Gasteiger partial charge >= 0.3 is 0 Å². The highest BCUT2D eigenvalue weighted by molar-refractivity contribution is 8.23. The van der Waals surface area contributed by atoms with Crippen molar-refractivity contribution in [2.75, 3.05) is 66.5 Å². The van der Waals surface area contributed by atoms with Crippen molar-refractivity contribution in [2.45, 2.75) is 0 Å². The van der Waals surface area contributed by atoms with E-state index in [0.717, 1.165) is 11.3 Å². The van der Waals surface area contributed by atoms with Crippen LogP contribution in [0.15, 0.2) is 24.3 Å². The number of carbonyl (C=O) groups is 1. The van der Waals surface area contributed by atoms with Crippen LogP contribution in [0.5, 0.6) is 11.5 Å². The molecular formula is C20H27NO7S2. The predicted molar refractivity (Wildman–Crippen MR) is 119 cm³/mol. The summed E-state index contributed by atoms with van der Waals surface area (Å²) in [6, 6.07) is 5.35. The van der Waals surface area contributed by atoms with Crippen molar-refractivity contribution in [3.8, 4) is 11.5 Å². The number of rotatable bonds is 14. The molecule has 8 nitrogen and oxygen atoms in total. The van der Waals surface area contributed by atoms with Crippen molar-refractivity contribution in [3.05, 3.63) is 29.8 Å². The average molecular weight is 458 g/mol. The fourth-order valence-corrected chi connectivity index (χ4v) is 3.54. The van der Waals surface area contributed by atoms with Crippen molar-refractivity contribution in [3.63, 3.8) is 0 Å². The summed E-state index contributed by atoms with van der Waals surface area (Å²) in [6.07, 6.45) is 3.21. The lowest BCUT2D eigenvalue weighted by Crippen LogP contribution is -2.28. The summed E-state index contributed by atoms with van der Waals surface area (Å²) in [5, 5.41) is 0. The molecule has 0 radical (unpaired) electrons. The highest BCUT2D eigenvalue weighted by atomic mass is 32.2. The Kier molecular flexibility index (Phi) is 11.7. The molecule has 0 atom stereocenters. The second-order valence-corrected chi connectivity index (χ2v) is 7.70. The maximum Gasteiger partial charge on any atom is 0.252 e. The third-order valence-electron chi connectivity index (χ3n) is 3.87. The van der Waals surface area contributed by atoms with Crippen molar-refractivity contribution >= 4 is 40.3 Å². The molecule has 1 aliphatic heterocycles. The van der Waals surface area contributed by atoms with Crippen LogP contribution in [-0.4, -0.2) is 81.7 Å². The first-order chi connectivity index (χ1) is 14.7. The number of ether oxygens (including phenoxy) is 6. The Morgan fingerprint density at radius 2 is 1.73 bits per heavy atom. The monoisotopic (exact) mass is 457 g/mol. The summed E-state index contributed by atoms with van der Waals surface area (Å²) in [7, 11) is 3.21. The predicted octanol–water partition coefficient (Wildman–Crippen LogP) is 2.56. The number of carbonyl (C=O) groups excluding carboxylic acids is 1. The van der Waals surface area contributed by atoms with Crippen molar-refractivity contribution in [1.82, 2.24) is 4.90 Å². The van der Waals surface area contributed by atoms with Crippen LogP contribution in [0.3, 0.4) is 0 Å². The molecule has 0 unspecified atom stereocenters. The van der Waals surface area contributed by atoms with Crippen LogP contribution in [0.2, 0.25) is 0 Å². The van der Waals surface area contributed by atoms with Crippen LogP contribution in [0, 0.1) is 0 Å². The number of hydrogen-bond donors (Lipinski definition) is 0. The molecule has 1 fully saturated rings. The number of benzene rings is 1. The quantitative estimate of drug-likeness (QED) is 0.181. The van der Waals surface area contributed by atoms with Gasteiger partial charge in [-0.3, -0.25) is 9.69 Å². The summed E-state index contributed by atoms with van der Waals surface area (Å²) in [5.74, 6) is 1.67. The molecule has 1 aliphatic rings. The molecule has 0 N–H and O–H groups in total. The summed E-state index contributed by atoms with van der Waals surface area (Å²) >= 11 is 6.70. The van der Waals surface area contributed by atoms with Gasteiger partial charge in [-0.1, -0.05) is 30.0 Å². The van der Waals surface area contributed by atoms with Gasteiger partial charge in [-0.25, -0.2) is 0 Å². The van der Waals surface area contributed by atoms with Crippen LogP contribution in [0.25, 0.3) is 6.08 Å². The molecular weight excluding hydrogens is 430 g/mol. The third kappa shape index (κ3) is 8.58. The average Bonchev–Trinajstić information content (AvgIpc) is 3.18. The Hall–Kier alpha value is -1.69. The largest absolute Gasteiger partial charge is 0.464 e. The standard InChI is InChI=1S/C20H27NO7S2/c1-23-8-10-25-14-27-17-5-3-16(13-18(17)28-15-26-11-9-24-2)4-6-19(22)21-7-12-30-20(21)29/h3-6,13H,7-12,14-15H2,1-2H3/b6-4+. The maximum absolute atomic E-state index is 12.3. The lowest BCUT2D eigenvalue weighted by molar-refractivity contribution is -0.121. The Morgan fingerprint density at radius 3 is 2.33 bits per heavy atom. The molecule has 1 saturated heterocycles. The fourth-order valence-electron chi connectivity index (χ4n) is 2.32. The van der Waals surface area contributed by atoms with Gasteiger partial charge in [0.25, 0.3) is 5.91 Å². The van der Waals surface area contributed by atoms with E-state index < -0.39 is 0 Å². The molecule has 1 aromatic rings. The normalized spacial score (nSPS) is 13.9. The lowest BCUT2D eigenvalue weighted by atomic mass is 10.2. The SMILES string of the molecule is COCCOCOc1ccc(/C=C/C(=O)N2CCSC2=S)cc1OCOCCOC. The summed E-state index contributed by atoms with van der Waals surface area (Å²) in [6.45, 7) is 2.52. The van der Waals surface area contributed by atoms with Gasteiger partial charge in [-0.15, -0.1) is 0 Å². The minimum absolute atomic E-state index is 0.0373. The molecule has 1 heterocycles.